The fourth-order valence-corrected chi connectivity index (χ4v) is 1.93. The standard InChI is InChI=1S/C17H19N3O2/c1-12(2)11-22-17(21)20-14-5-3-13(4-6-14)16-8-7-15(19-16)9-10-18/h3-8,12,19H,9,11H2,1-2H3,(H,20,21). The molecule has 1 aromatic heterocycles. The van der Waals surface area contributed by atoms with Crippen LogP contribution in [0, 0.1) is 17.2 Å². The maximum Gasteiger partial charge on any atom is 0.411 e. The fraction of sp³-hybridized carbons (Fsp3) is 0.294. The van der Waals surface area contributed by atoms with Crippen LogP contribution in [0.5, 0.6) is 0 Å². The summed E-state index contributed by atoms with van der Waals surface area (Å²) in [5.74, 6) is 0.309. The van der Waals surface area contributed by atoms with E-state index in [2.05, 4.69) is 16.4 Å². The molecule has 1 amide bonds. The maximum atomic E-state index is 11.6. The quantitative estimate of drug-likeness (QED) is 0.877. The lowest BCUT2D eigenvalue weighted by Crippen LogP contribution is -2.16. The summed E-state index contributed by atoms with van der Waals surface area (Å²) in [4.78, 5) is 14.8. The van der Waals surface area contributed by atoms with Crippen molar-refractivity contribution >= 4 is 11.8 Å². The molecular weight excluding hydrogens is 278 g/mol. The number of nitriles is 1. The molecule has 22 heavy (non-hydrogen) atoms. The molecule has 0 saturated carbocycles. The van der Waals surface area contributed by atoms with E-state index in [-0.39, 0.29) is 0 Å². The number of hydrogen-bond donors (Lipinski definition) is 2. The second-order valence-corrected chi connectivity index (χ2v) is 5.43. The van der Waals surface area contributed by atoms with Crippen molar-refractivity contribution in [3.8, 4) is 17.3 Å². The average molecular weight is 297 g/mol. The fourth-order valence-electron chi connectivity index (χ4n) is 1.93. The SMILES string of the molecule is CC(C)COC(=O)Nc1ccc(-c2ccc(CC#N)[nH]2)cc1. The van der Waals surface area contributed by atoms with Gasteiger partial charge in [-0.2, -0.15) is 5.26 Å². The summed E-state index contributed by atoms with van der Waals surface area (Å²) < 4.78 is 5.07. The highest BCUT2D eigenvalue weighted by Crippen LogP contribution is 2.21. The number of nitrogens with zero attached hydrogens (tertiary/aromatic N) is 1. The Morgan fingerprint density at radius 1 is 1.27 bits per heavy atom. The lowest BCUT2D eigenvalue weighted by molar-refractivity contribution is 0.147. The van der Waals surface area contributed by atoms with Crippen molar-refractivity contribution in [1.29, 1.82) is 5.26 Å². The number of rotatable bonds is 5. The summed E-state index contributed by atoms with van der Waals surface area (Å²) in [6.45, 7) is 4.37. The Morgan fingerprint density at radius 2 is 2.00 bits per heavy atom. The highest BCUT2D eigenvalue weighted by molar-refractivity contribution is 5.85. The van der Waals surface area contributed by atoms with Gasteiger partial charge in [0.25, 0.3) is 0 Å². The van der Waals surface area contributed by atoms with Gasteiger partial charge in [-0.3, -0.25) is 5.32 Å². The lowest BCUT2D eigenvalue weighted by atomic mass is 10.1. The minimum Gasteiger partial charge on any atom is -0.449 e. The van der Waals surface area contributed by atoms with E-state index >= 15 is 0 Å². The van der Waals surface area contributed by atoms with E-state index in [1.807, 2.05) is 50.2 Å². The smallest absolute Gasteiger partial charge is 0.411 e. The molecule has 0 fully saturated rings. The van der Waals surface area contributed by atoms with Crippen LogP contribution in [0.25, 0.3) is 11.3 Å². The normalized spacial score (nSPS) is 10.3. The molecule has 2 rings (SSSR count). The number of benzene rings is 1. The van der Waals surface area contributed by atoms with E-state index in [4.69, 9.17) is 10.00 Å². The van der Waals surface area contributed by atoms with Gasteiger partial charge in [-0.05, 0) is 35.7 Å². The predicted molar refractivity (Wildman–Crippen MR) is 85.4 cm³/mol. The second kappa shape index (κ2) is 7.32. The maximum absolute atomic E-state index is 11.6. The van der Waals surface area contributed by atoms with Crippen molar-refractivity contribution < 1.29 is 9.53 Å². The van der Waals surface area contributed by atoms with Crippen molar-refractivity contribution in [3.63, 3.8) is 0 Å². The first-order valence-electron chi connectivity index (χ1n) is 7.17. The predicted octanol–water partition coefficient (Wildman–Crippen LogP) is 3.95. The zero-order valence-corrected chi connectivity index (χ0v) is 12.7. The number of hydrogen-bond acceptors (Lipinski definition) is 3. The molecule has 1 aromatic carbocycles. The largest absolute Gasteiger partial charge is 0.449 e. The molecule has 0 aliphatic rings. The molecule has 5 heteroatoms. The first kappa shape index (κ1) is 15.6. The number of aromatic amines is 1. The Balaban J connectivity index is 1.97. The summed E-state index contributed by atoms with van der Waals surface area (Å²) in [5, 5.41) is 11.4. The van der Waals surface area contributed by atoms with Crippen molar-refractivity contribution in [3.05, 3.63) is 42.1 Å². The Labute approximate surface area is 129 Å². The summed E-state index contributed by atoms with van der Waals surface area (Å²) in [5.41, 5.74) is 3.50. The van der Waals surface area contributed by atoms with Crippen molar-refractivity contribution in [2.75, 3.05) is 11.9 Å². The van der Waals surface area contributed by atoms with Crippen LogP contribution in [-0.4, -0.2) is 17.7 Å². The van der Waals surface area contributed by atoms with Gasteiger partial charge in [0.2, 0.25) is 0 Å². The minimum atomic E-state index is -0.447. The van der Waals surface area contributed by atoms with E-state index in [1.54, 1.807) is 0 Å². The van der Waals surface area contributed by atoms with E-state index in [0.717, 1.165) is 17.0 Å². The third-order valence-electron chi connectivity index (χ3n) is 3.01. The third kappa shape index (κ3) is 4.38. The second-order valence-electron chi connectivity index (χ2n) is 5.43. The van der Waals surface area contributed by atoms with E-state index < -0.39 is 6.09 Å². The number of amides is 1. The number of carbonyl (C=O) groups excluding carboxylic acids is 1. The zero-order valence-electron chi connectivity index (χ0n) is 12.7. The molecule has 0 unspecified atom stereocenters. The van der Waals surface area contributed by atoms with Gasteiger partial charge in [0.1, 0.15) is 0 Å². The average Bonchev–Trinajstić information content (AvgIpc) is 2.95. The highest BCUT2D eigenvalue weighted by Gasteiger charge is 2.06. The molecule has 1 heterocycles. The molecule has 2 aromatic rings. The van der Waals surface area contributed by atoms with Crippen LogP contribution >= 0.6 is 0 Å². The number of H-pyrrole nitrogens is 1. The molecule has 0 aliphatic heterocycles. The molecular formula is C17H19N3O2. The van der Waals surface area contributed by atoms with Gasteiger partial charge in [-0.25, -0.2) is 4.79 Å². The summed E-state index contributed by atoms with van der Waals surface area (Å²) >= 11 is 0. The molecule has 0 atom stereocenters. The summed E-state index contributed by atoms with van der Waals surface area (Å²) in [7, 11) is 0. The van der Waals surface area contributed by atoms with Crippen LogP contribution in [0.1, 0.15) is 19.5 Å². The van der Waals surface area contributed by atoms with Crippen LogP contribution in [0.3, 0.4) is 0 Å². The number of anilines is 1. The van der Waals surface area contributed by atoms with Gasteiger partial charge in [-0.15, -0.1) is 0 Å². The van der Waals surface area contributed by atoms with E-state index in [9.17, 15) is 4.79 Å². The first-order chi connectivity index (χ1) is 10.6. The Morgan fingerprint density at radius 3 is 2.64 bits per heavy atom. The Kier molecular flexibility index (Phi) is 5.21. The van der Waals surface area contributed by atoms with Crippen LogP contribution in [0.4, 0.5) is 10.5 Å². The van der Waals surface area contributed by atoms with E-state index in [0.29, 0.717) is 24.6 Å². The molecule has 0 bridgehead atoms. The van der Waals surface area contributed by atoms with Gasteiger partial charge in [0, 0.05) is 17.1 Å². The number of carbonyl (C=O) groups is 1. The Bertz CT molecular complexity index is 666. The molecule has 2 N–H and O–H groups in total. The topological polar surface area (TPSA) is 77.9 Å². The number of ether oxygens (including phenoxy) is 1. The van der Waals surface area contributed by atoms with Crippen molar-refractivity contribution in [2.24, 2.45) is 5.92 Å². The van der Waals surface area contributed by atoms with Gasteiger partial charge in [-0.1, -0.05) is 26.0 Å². The number of nitrogens with one attached hydrogen (secondary N) is 2. The first-order valence-corrected chi connectivity index (χ1v) is 7.17. The van der Waals surface area contributed by atoms with Gasteiger partial charge < -0.3 is 9.72 Å². The molecule has 0 aliphatic carbocycles. The van der Waals surface area contributed by atoms with Gasteiger partial charge in [0.15, 0.2) is 0 Å². The van der Waals surface area contributed by atoms with Crippen LogP contribution in [0.15, 0.2) is 36.4 Å². The van der Waals surface area contributed by atoms with Crippen LogP contribution in [0.2, 0.25) is 0 Å². The number of aromatic nitrogens is 1. The van der Waals surface area contributed by atoms with Crippen molar-refractivity contribution in [1.82, 2.24) is 4.98 Å². The van der Waals surface area contributed by atoms with Crippen LogP contribution in [-0.2, 0) is 11.2 Å². The zero-order chi connectivity index (χ0) is 15.9. The van der Waals surface area contributed by atoms with Crippen molar-refractivity contribution in [2.45, 2.75) is 20.3 Å². The van der Waals surface area contributed by atoms with Crippen LogP contribution < -0.4 is 5.32 Å². The van der Waals surface area contributed by atoms with Gasteiger partial charge >= 0.3 is 6.09 Å². The molecule has 0 radical (unpaired) electrons. The highest BCUT2D eigenvalue weighted by atomic mass is 16.5. The van der Waals surface area contributed by atoms with Gasteiger partial charge in [0.05, 0.1) is 19.1 Å². The Hall–Kier alpha value is -2.74. The molecule has 114 valence electrons. The third-order valence-corrected chi connectivity index (χ3v) is 3.01. The minimum absolute atomic E-state index is 0.309. The van der Waals surface area contributed by atoms with E-state index in [1.165, 1.54) is 0 Å². The summed E-state index contributed by atoms with van der Waals surface area (Å²) in [6.07, 6.45) is -0.0842. The molecule has 5 nitrogen and oxygen atoms in total. The molecule has 0 saturated heterocycles. The summed E-state index contributed by atoms with van der Waals surface area (Å²) in [6, 6.07) is 13.4. The lowest BCUT2D eigenvalue weighted by Gasteiger charge is -2.09. The monoisotopic (exact) mass is 297 g/mol. The molecule has 0 spiro atoms.